The second kappa shape index (κ2) is 2.85. The fraction of sp³-hybridized carbons (Fsp3) is 0.300. The molecule has 1 N–H and O–H groups in total. The van der Waals surface area contributed by atoms with Crippen molar-refractivity contribution in [3.63, 3.8) is 0 Å². The highest BCUT2D eigenvalue weighted by molar-refractivity contribution is 5.96. The second-order valence-corrected chi connectivity index (χ2v) is 3.46. The molecule has 0 bridgehead atoms. The molecular formula is C10H12N2O. The first kappa shape index (κ1) is 8.26. The van der Waals surface area contributed by atoms with Gasteiger partial charge < -0.3 is 0 Å². The number of benzene rings is 1. The van der Waals surface area contributed by atoms with Gasteiger partial charge >= 0.3 is 0 Å². The van der Waals surface area contributed by atoms with Crippen molar-refractivity contribution in [2.45, 2.75) is 13.5 Å². The van der Waals surface area contributed by atoms with Gasteiger partial charge in [-0.1, -0.05) is 17.7 Å². The minimum atomic E-state index is -0.00699. The monoisotopic (exact) mass is 176 g/mol. The average molecular weight is 176 g/mol. The Morgan fingerprint density at radius 1 is 1.46 bits per heavy atom. The highest BCUT2D eigenvalue weighted by Gasteiger charge is 2.19. The summed E-state index contributed by atoms with van der Waals surface area (Å²) in [6, 6.07) is 5.98. The molecule has 1 amide bonds. The van der Waals surface area contributed by atoms with Crippen LogP contribution in [-0.4, -0.2) is 18.0 Å². The summed E-state index contributed by atoms with van der Waals surface area (Å²) in [6.45, 7) is 2.77. The summed E-state index contributed by atoms with van der Waals surface area (Å²) < 4.78 is 0. The number of amides is 1. The van der Waals surface area contributed by atoms with Crippen LogP contribution in [0, 0.1) is 6.92 Å². The van der Waals surface area contributed by atoms with E-state index in [0.29, 0.717) is 0 Å². The summed E-state index contributed by atoms with van der Waals surface area (Å²) in [7, 11) is 1.86. The van der Waals surface area contributed by atoms with Crippen molar-refractivity contribution >= 4 is 5.91 Å². The van der Waals surface area contributed by atoms with E-state index in [4.69, 9.17) is 0 Å². The van der Waals surface area contributed by atoms with Crippen molar-refractivity contribution < 1.29 is 4.79 Å². The number of aryl methyl sites for hydroxylation is 1. The molecule has 0 atom stereocenters. The minimum Gasteiger partial charge on any atom is -0.285 e. The minimum absolute atomic E-state index is 0.00699. The fourth-order valence-electron chi connectivity index (χ4n) is 1.57. The van der Waals surface area contributed by atoms with Crippen LogP contribution in [0.5, 0.6) is 0 Å². The molecule has 1 aliphatic rings. The quantitative estimate of drug-likeness (QED) is 0.641. The first-order valence-corrected chi connectivity index (χ1v) is 4.28. The number of nitrogens with one attached hydrogen (secondary N) is 1. The third kappa shape index (κ3) is 1.42. The summed E-state index contributed by atoms with van der Waals surface area (Å²) in [5.41, 5.74) is 5.78. The zero-order valence-corrected chi connectivity index (χ0v) is 7.79. The molecule has 0 saturated heterocycles. The molecule has 1 aromatic carbocycles. The number of hydrazine groups is 1. The number of carbonyl (C=O) groups excluding carboxylic acids is 1. The van der Waals surface area contributed by atoms with Crippen LogP contribution in [-0.2, 0) is 6.54 Å². The Balaban J connectivity index is 2.49. The number of hydrogen-bond donors (Lipinski definition) is 1. The fourth-order valence-corrected chi connectivity index (χ4v) is 1.57. The van der Waals surface area contributed by atoms with Gasteiger partial charge in [0.25, 0.3) is 5.91 Å². The third-order valence-electron chi connectivity index (χ3n) is 2.21. The van der Waals surface area contributed by atoms with Gasteiger partial charge in [0.05, 0.1) is 0 Å². The maximum absolute atomic E-state index is 11.5. The van der Waals surface area contributed by atoms with Crippen molar-refractivity contribution in [1.29, 1.82) is 0 Å². The molecule has 1 heterocycles. The van der Waals surface area contributed by atoms with E-state index in [-0.39, 0.29) is 5.91 Å². The van der Waals surface area contributed by atoms with Gasteiger partial charge in [-0.25, -0.2) is 5.01 Å². The smallest absolute Gasteiger partial charge is 0.265 e. The first-order chi connectivity index (χ1) is 6.16. The van der Waals surface area contributed by atoms with Crippen molar-refractivity contribution in [2.75, 3.05) is 7.05 Å². The lowest BCUT2D eigenvalue weighted by molar-refractivity contribution is 0.0786. The van der Waals surface area contributed by atoms with Crippen molar-refractivity contribution in [3.8, 4) is 0 Å². The second-order valence-electron chi connectivity index (χ2n) is 3.46. The number of hydrogen-bond acceptors (Lipinski definition) is 2. The van der Waals surface area contributed by atoms with E-state index in [1.807, 2.05) is 32.2 Å². The molecule has 1 aliphatic heterocycles. The molecule has 0 unspecified atom stereocenters. The summed E-state index contributed by atoms with van der Waals surface area (Å²) in [6.07, 6.45) is 0. The van der Waals surface area contributed by atoms with E-state index in [2.05, 4.69) is 5.43 Å². The van der Waals surface area contributed by atoms with Gasteiger partial charge in [0, 0.05) is 19.2 Å². The van der Waals surface area contributed by atoms with Crippen LogP contribution < -0.4 is 5.43 Å². The lowest BCUT2D eigenvalue weighted by atomic mass is 10.0. The Morgan fingerprint density at radius 3 is 3.00 bits per heavy atom. The van der Waals surface area contributed by atoms with Crippen LogP contribution in [0.3, 0.4) is 0 Å². The van der Waals surface area contributed by atoms with Gasteiger partial charge in [-0.2, -0.15) is 0 Å². The predicted molar refractivity (Wildman–Crippen MR) is 50.1 cm³/mol. The average Bonchev–Trinajstić information content (AvgIpc) is 2.06. The predicted octanol–water partition coefficient (Wildman–Crippen LogP) is 1.09. The summed E-state index contributed by atoms with van der Waals surface area (Å²) in [5.74, 6) is -0.00699. The van der Waals surface area contributed by atoms with Crippen LogP contribution in [0.25, 0.3) is 0 Å². The van der Waals surface area contributed by atoms with Crippen LogP contribution in [0.15, 0.2) is 18.2 Å². The number of rotatable bonds is 0. The van der Waals surface area contributed by atoms with Crippen LogP contribution in [0.4, 0.5) is 0 Å². The van der Waals surface area contributed by atoms with Gasteiger partial charge in [0.1, 0.15) is 0 Å². The van der Waals surface area contributed by atoms with E-state index < -0.39 is 0 Å². The molecule has 68 valence electrons. The van der Waals surface area contributed by atoms with Gasteiger partial charge in [-0.15, -0.1) is 0 Å². The standard InChI is InChI=1S/C10H12N2O/c1-7-3-4-8-6-12(2)11-10(13)9(8)5-7/h3-5H,6H2,1-2H3,(H,11,13). The lowest BCUT2D eigenvalue weighted by Gasteiger charge is -2.25. The molecule has 0 spiro atoms. The number of fused-ring (bicyclic) bond motifs is 1. The maximum Gasteiger partial charge on any atom is 0.265 e. The summed E-state index contributed by atoms with van der Waals surface area (Å²) >= 11 is 0. The van der Waals surface area contributed by atoms with Crippen molar-refractivity contribution in [3.05, 3.63) is 34.9 Å². The molecule has 13 heavy (non-hydrogen) atoms. The van der Waals surface area contributed by atoms with Gasteiger partial charge in [0.15, 0.2) is 0 Å². The van der Waals surface area contributed by atoms with Crippen LogP contribution in [0.1, 0.15) is 21.5 Å². The number of nitrogens with zero attached hydrogens (tertiary/aromatic N) is 1. The SMILES string of the molecule is Cc1ccc2c(c1)C(=O)NN(C)C2. The first-order valence-electron chi connectivity index (χ1n) is 4.28. The Kier molecular flexibility index (Phi) is 1.81. The molecule has 0 radical (unpaired) electrons. The zero-order valence-electron chi connectivity index (χ0n) is 7.79. The van der Waals surface area contributed by atoms with E-state index in [1.165, 1.54) is 0 Å². The Hall–Kier alpha value is -1.35. The molecule has 3 heteroatoms. The molecule has 1 aromatic rings. The molecule has 0 saturated carbocycles. The normalized spacial score (nSPS) is 16.6. The molecule has 3 nitrogen and oxygen atoms in total. The largest absolute Gasteiger partial charge is 0.285 e. The van der Waals surface area contributed by atoms with Gasteiger partial charge in [0.2, 0.25) is 0 Å². The molecule has 0 fully saturated rings. The third-order valence-corrected chi connectivity index (χ3v) is 2.21. The van der Waals surface area contributed by atoms with E-state index in [1.54, 1.807) is 5.01 Å². The van der Waals surface area contributed by atoms with E-state index in [9.17, 15) is 4.79 Å². The Labute approximate surface area is 77.3 Å². The highest BCUT2D eigenvalue weighted by Crippen LogP contribution is 2.16. The van der Waals surface area contributed by atoms with E-state index in [0.717, 1.165) is 23.2 Å². The Morgan fingerprint density at radius 2 is 2.23 bits per heavy atom. The molecular weight excluding hydrogens is 164 g/mol. The number of carbonyl (C=O) groups is 1. The van der Waals surface area contributed by atoms with Crippen LogP contribution >= 0.6 is 0 Å². The molecule has 0 aromatic heterocycles. The van der Waals surface area contributed by atoms with E-state index >= 15 is 0 Å². The highest BCUT2D eigenvalue weighted by atomic mass is 16.2. The van der Waals surface area contributed by atoms with Gasteiger partial charge in [-0.05, 0) is 18.6 Å². The lowest BCUT2D eigenvalue weighted by Crippen LogP contribution is -2.43. The topological polar surface area (TPSA) is 32.3 Å². The zero-order chi connectivity index (χ0) is 9.42. The summed E-state index contributed by atoms with van der Waals surface area (Å²) in [4.78, 5) is 11.5. The van der Waals surface area contributed by atoms with Gasteiger partial charge in [-0.3, -0.25) is 10.2 Å². The van der Waals surface area contributed by atoms with Crippen LogP contribution in [0.2, 0.25) is 0 Å². The maximum atomic E-state index is 11.5. The van der Waals surface area contributed by atoms with Crippen molar-refractivity contribution in [1.82, 2.24) is 10.4 Å². The molecule has 0 aliphatic carbocycles. The Bertz CT molecular complexity index is 360. The summed E-state index contributed by atoms with van der Waals surface area (Å²) in [5, 5.41) is 1.79. The molecule has 2 rings (SSSR count). The van der Waals surface area contributed by atoms with Crippen molar-refractivity contribution in [2.24, 2.45) is 0 Å².